The molecule has 1 aromatic carbocycles. The first-order chi connectivity index (χ1) is 10.1. The maximum Gasteiger partial charge on any atom is 0.373 e. The minimum Gasteiger partial charge on any atom is -0.496 e. The number of hydrogen-bond donors (Lipinski definition) is 0. The summed E-state index contributed by atoms with van der Waals surface area (Å²) >= 11 is 0. The fraction of sp³-hybridized carbons (Fsp3) is 0.200. The maximum atomic E-state index is 12.5. The molecule has 2 rings (SSSR count). The fourth-order valence-electron chi connectivity index (χ4n) is 1.87. The van der Waals surface area contributed by atoms with E-state index in [1.807, 2.05) is 0 Å². The molecular formula is C15H14O6. The van der Waals surface area contributed by atoms with Crippen LogP contribution in [0.15, 0.2) is 34.7 Å². The molecule has 0 unspecified atom stereocenters. The van der Waals surface area contributed by atoms with Crippen LogP contribution in [0.3, 0.4) is 0 Å². The van der Waals surface area contributed by atoms with E-state index in [9.17, 15) is 9.59 Å². The van der Waals surface area contributed by atoms with Crippen molar-refractivity contribution in [2.24, 2.45) is 0 Å². The Bertz CT molecular complexity index is 648. The second-order valence-corrected chi connectivity index (χ2v) is 4.02. The molecule has 2 aromatic rings. The van der Waals surface area contributed by atoms with Crippen LogP contribution in [0.4, 0.5) is 0 Å². The van der Waals surface area contributed by atoms with Crippen molar-refractivity contribution in [2.45, 2.75) is 0 Å². The van der Waals surface area contributed by atoms with Gasteiger partial charge in [-0.25, -0.2) is 4.79 Å². The first-order valence-electron chi connectivity index (χ1n) is 6.06. The summed E-state index contributed by atoms with van der Waals surface area (Å²) in [7, 11) is 4.14. The van der Waals surface area contributed by atoms with Gasteiger partial charge in [-0.2, -0.15) is 0 Å². The van der Waals surface area contributed by atoms with Crippen LogP contribution in [0.25, 0.3) is 0 Å². The van der Waals surface area contributed by atoms with E-state index in [2.05, 4.69) is 4.74 Å². The molecule has 0 atom stereocenters. The van der Waals surface area contributed by atoms with Gasteiger partial charge in [0.25, 0.3) is 0 Å². The molecule has 0 aliphatic heterocycles. The lowest BCUT2D eigenvalue weighted by Gasteiger charge is -2.10. The van der Waals surface area contributed by atoms with Crippen LogP contribution in [-0.2, 0) is 4.74 Å². The van der Waals surface area contributed by atoms with Gasteiger partial charge in [0.05, 0.1) is 21.3 Å². The third kappa shape index (κ3) is 2.74. The zero-order valence-corrected chi connectivity index (χ0v) is 11.8. The van der Waals surface area contributed by atoms with E-state index < -0.39 is 11.8 Å². The number of furan rings is 1. The number of rotatable bonds is 5. The van der Waals surface area contributed by atoms with Gasteiger partial charge in [0.1, 0.15) is 17.1 Å². The van der Waals surface area contributed by atoms with Crippen molar-refractivity contribution in [3.05, 3.63) is 47.4 Å². The zero-order chi connectivity index (χ0) is 15.4. The minimum absolute atomic E-state index is 0.00167. The normalized spacial score (nSPS) is 10.0. The maximum absolute atomic E-state index is 12.5. The second kappa shape index (κ2) is 6.13. The average molecular weight is 290 g/mol. The third-order valence-corrected chi connectivity index (χ3v) is 2.87. The molecule has 6 heteroatoms. The molecule has 0 spiro atoms. The average Bonchev–Trinajstić information content (AvgIpc) is 3.02. The van der Waals surface area contributed by atoms with Gasteiger partial charge in [-0.15, -0.1) is 0 Å². The van der Waals surface area contributed by atoms with Crippen molar-refractivity contribution in [1.29, 1.82) is 0 Å². The van der Waals surface area contributed by atoms with Crippen molar-refractivity contribution in [2.75, 3.05) is 21.3 Å². The quantitative estimate of drug-likeness (QED) is 0.621. The van der Waals surface area contributed by atoms with Crippen molar-refractivity contribution >= 4 is 11.8 Å². The molecule has 110 valence electrons. The highest BCUT2D eigenvalue weighted by Crippen LogP contribution is 2.31. The van der Waals surface area contributed by atoms with E-state index in [1.54, 1.807) is 18.2 Å². The van der Waals surface area contributed by atoms with Gasteiger partial charge in [0, 0.05) is 0 Å². The molecule has 0 radical (unpaired) electrons. The third-order valence-electron chi connectivity index (χ3n) is 2.87. The lowest BCUT2D eigenvalue weighted by atomic mass is 10.1. The summed E-state index contributed by atoms with van der Waals surface area (Å²) in [4.78, 5) is 23.9. The molecule has 1 heterocycles. The number of carbonyl (C=O) groups excluding carboxylic acids is 2. The Morgan fingerprint density at radius 2 is 1.48 bits per heavy atom. The predicted octanol–water partition coefficient (Wildman–Crippen LogP) is 2.31. The summed E-state index contributed by atoms with van der Waals surface area (Å²) in [5.74, 6) is -0.431. The summed E-state index contributed by atoms with van der Waals surface area (Å²) in [6, 6.07) is 7.76. The Hall–Kier alpha value is -2.76. The van der Waals surface area contributed by atoms with Crippen LogP contribution < -0.4 is 9.47 Å². The number of hydrogen-bond acceptors (Lipinski definition) is 6. The molecule has 6 nitrogen and oxygen atoms in total. The lowest BCUT2D eigenvalue weighted by molar-refractivity contribution is 0.0563. The highest BCUT2D eigenvalue weighted by Gasteiger charge is 2.23. The van der Waals surface area contributed by atoms with E-state index in [0.29, 0.717) is 11.5 Å². The van der Waals surface area contributed by atoms with Gasteiger partial charge < -0.3 is 18.6 Å². The summed E-state index contributed by atoms with van der Waals surface area (Å²) in [6.45, 7) is 0. The van der Waals surface area contributed by atoms with E-state index in [1.165, 1.54) is 33.5 Å². The van der Waals surface area contributed by atoms with Crippen LogP contribution in [0, 0.1) is 0 Å². The standard InChI is InChI=1S/C15H14O6/c1-18-9-5-4-6-10(19-2)13(9)14(16)11-7-8-12(21-11)15(17)20-3/h4-8H,1-3H3. The Kier molecular flexibility index (Phi) is 4.27. The SMILES string of the molecule is COC(=O)c1ccc(C(=O)c2c(OC)cccc2OC)o1. The molecule has 0 aliphatic carbocycles. The van der Waals surface area contributed by atoms with Crippen molar-refractivity contribution in [3.8, 4) is 11.5 Å². The van der Waals surface area contributed by atoms with E-state index in [0.717, 1.165) is 0 Å². The Morgan fingerprint density at radius 1 is 0.905 bits per heavy atom. The summed E-state index contributed by atoms with van der Waals surface area (Å²) in [5, 5.41) is 0. The van der Waals surface area contributed by atoms with Crippen LogP contribution in [0.2, 0.25) is 0 Å². The van der Waals surface area contributed by atoms with Crippen molar-refractivity contribution in [3.63, 3.8) is 0 Å². The molecule has 0 fully saturated rings. The summed E-state index contributed by atoms with van der Waals surface area (Å²) < 4.78 is 20.1. The number of esters is 1. The largest absolute Gasteiger partial charge is 0.496 e. The zero-order valence-electron chi connectivity index (χ0n) is 11.8. The number of ether oxygens (including phenoxy) is 3. The van der Waals surface area contributed by atoms with Crippen molar-refractivity contribution in [1.82, 2.24) is 0 Å². The monoisotopic (exact) mass is 290 g/mol. The molecule has 0 saturated carbocycles. The Labute approximate surface area is 121 Å². The predicted molar refractivity (Wildman–Crippen MR) is 73.0 cm³/mol. The molecule has 1 aromatic heterocycles. The Morgan fingerprint density at radius 3 is 2.00 bits per heavy atom. The molecular weight excluding hydrogens is 276 g/mol. The number of ketones is 1. The van der Waals surface area contributed by atoms with Crippen LogP contribution >= 0.6 is 0 Å². The van der Waals surface area contributed by atoms with Crippen LogP contribution in [0.5, 0.6) is 11.5 Å². The number of carbonyl (C=O) groups is 2. The topological polar surface area (TPSA) is 75.0 Å². The summed E-state index contributed by atoms with van der Waals surface area (Å²) in [5.41, 5.74) is 0.230. The van der Waals surface area contributed by atoms with Gasteiger partial charge in [-0.3, -0.25) is 4.79 Å². The number of methoxy groups -OCH3 is 3. The first kappa shape index (κ1) is 14.6. The van der Waals surface area contributed by atoms with Gasteiger partial charge >= 0.3 is 5.97 Å². The summed E-state index contributed by atoms with van der Waals surface area (Å²) in [6.07, 6.45) is 0. The molecule has 21 heavy (non-hydrogen) atoms. The first-order valence-corrected chi connectivity index (χ1v) is 6.06. The molecule has 0 aliphatic rings. The van der Waals surface area contributed by atoms with Gasteiger partial charge in [0.2, 0.25) is 11.5 Å². The molecule has 0 amide bonds. The Balaban J connectivity index is 2.45. The minimum atomic E-state index is -0.652. The highest BCUT2D eigenvalue weighted by atomic mass is 16.5. The van der Waals surface area contributed by atoms with E-state index >= 15 is 0 Å². The van der Waals surface area contributed by atoms with Crippen LogP contribution in [-0.4, -0.2) is 33.1 Å². The second-order valence-electron chi connectivity index (χ2n) is 4.02. The molecule has 0 bridgehead atoms. The fourth-order valence-corrected chi connectivity index (χ4v) is 1.87. The smallest absolute Gasteiger partial charge is 0.373 e. The number of benzene rings is 1. The van der Waals surface area contributed by atoms with Gasteiger partial charge in [0.15, 0.2) is 5.76 Å². The van der Waals surface area contributed by atoms with E-state index in [-0.39, 0.29) is 17.1 Å². The van der Waals surface area contributed by atoms with Gasteiger partial charge in [-0.05, 0) is 24.3 Å². The van der Waals surface area contributed by atoms with Crippen LogP contribution in [0.1, 0.15) is 26.7 Å². The molecule has 0 saturated heterocycles. The molecule has 0 N–H and O–H groups in total. The lowest BCUT2D eigenvalue weighted by Crippen LogP contribution is -2.06. The highest BCUT2D eigenvalue weighted by molar-refractivity contribution is 6.11. The van der Waals surface area contributed by atoms with E-state index in [4.69, 9.17) is 13.9 Å². The van der Waals surface area contributed by atoms with Crippen molar-refractivity contribution < 1.29 is 28.2 Å². The van der Waals surface area contributed by atoms with Gasteiger partial charge in [-0.1, -0.05) is 6.07 Å².